The van der Waals surface area contributed by atoms with Gasteiger partial charge >= 0.3 is 0 Å². The Morgan fingerprint density at radius 2 is 1.61 bits per heavy atom. The molecule has 2 aromatic carbocycles. The number of halogens is 1. The molecule has 0 radical (unpaired) electrons. The van der Waals surface area contributed by atoms with Crippen molar-refractivity contribution in [2.75, 3.05) is 31.1 Å². The zero-order valence-electron chi connectivity index (χ0n) is 17.3. The third-order valence-electron chi connectivity index (χ3n) is 5.54. The molecule has 9 heteroatoms. The zero-order valence-corrected chi connectivity index (χ0v) is 18.9. The Bertz CT molecular complexity index is 1280. The fourth-order valence-electron chi connectivity index (χ4n) is 3.56. The van der Waals surface area contributed by atoms with Gasteiger partial charge < -0.3 is 4.90 Å². The average Bonchev–Trinajstić information content (AvgIpc) is 2.76. The van der Waals surface area contributed by atoms with E-state index in [0.717, 1.165) is 11.1 Å². The van der Waals surface area contributed by atoms with Crippen LogP contribution in [0.5, 0.6) is 0 Å². The third-order valence-corrected chi connectivity index (χ3v) is 7.94. The Morgan fingerprint density at radius 3 is 2.29 bits per heavy atom. The van der Waals surface area contributed by atoms with Crippen LogP contribution in [0, 0.1) is 13.8 Å². The standard InChI is InChI=1S/C22H23ClN4O3S/c1-16-7-8-18(15-17(16)2)27-22(28)10-9-21(24-27)25-11-13-26(14-12-25)31(29,30)20-6-4-3-5-19(20)23/h3-10,15H,11-14H2,1-2H3. The lowest BCUT2D eigenvalue weighted by Gasteiger charge is -2.34. The molecule has 1 saturated heterocycles. The van der Waals surface area contributed by atoms with Crippen LogP contribution in [0.1, 0.15) is 11.1 Å². The lowest BCUT2D eigenvalue weighted by molar-refractivity contribution is 0.383. The first-order valence-electron chi connectivity index (χ1n) is 9.95. The summed E-state index contributed by atoms with van der Waals surface area (Å²) in [6, 6.07) is 15.4. The van der Waals surface area contributed by atoms with Crippen molar-refractivity contribution >= 4 is 27.4 Å². The summed E-state index contributed by atoms with van der Waals surface area (Å²) in [5.41, 5.74) is 2.71. The Labute approximate surface area is 186 Å². The quantitative estimate of drug-likeness (QED) is 0.600. The molecule has 0 N–H and O–H groups in total. The van der Waals surface area contributed by atoms with Crippen LogP contribution in [0.4, 0.5) is 5.82 Å². The van der Waals surface area contributed by atoms with Crippen molar-refractivity contribution in [3.8, 4) is 5.69 Å². The number of hydrogen-bond acceptors (Lipinski definition) is 5. The molecule has 3 aromatic rings. The van der Waals surface area contributed by atoms with Crippen molar-refractivity contribution in [3.05, 3.63) is 81.1 Å². The second kappa shape index (κ2) is 8.45. The minimum absolute atomic E-state index is 0.117. The van der Waals surface area contributed by atoms with Gasteiger partial charge in [0.25, 0.3) is 5.56 Å². The summed E-state index contributed by atoms with van der Waals surface area (Å²) in [4.78, 5) is 14.5. The van der Waals surface area contributed by atoms with E-state index in [0.29, 0.717) is 37.7 Å². The Balaban J connectivity index is 1.55. The van der Waals surface area contributed by atoms with E-state index in [9.17, 15) is 13.2 Å². The molecule has 0 aliphatic carbocycles. The number of hydrogen-bond donors (Lipinski definition) is 0. The molecule has 1 fully saturated rings. The highest BCUT2D eigenvalue weighted by atomic mass is 35.5. The molecular formula is C22H23ClN4O3S. The van der Waals surface area contributed by atoms with Gasteiger partial charge in [0, 0.05) is 32.2 Å². The van der Waals surface area contributed by atoms with E-state index in [1.165, 1.54) is 21.1 Å². The minimum Gasteiger partial charge on any atom is -0.353 e. The highest BCUT2D eigenvalue weighted by Gasteiger charge is 2.30. The second-order valence-electron chi connectivity index (χ2n) is 7.53. The predicted octanol–water partition coefficient (Wildman–Crippen LogP) is 3.01. The first-order chi connectivity index (χ1) is 14.8. The van der Waals surface area contributed by atoms with Gasteiger partial charge in [0.15, 0.2) is 0 Å². The van der Waals surface area contributed by atoms with Crippen molar-refractivity contribution in [2.45, 2.75) is 18.7 Å². The number of aryl methyl sites for hydroxylation is 2. The summed E-state index contributed by atoms with van der Waals surface area (Å²) in [6.45, 7) is 5.54. The Hall–Kier alpha value is -2.68. The summed E-state index contributed by atoms with van der Waals surface area (Å²) in [5, 5.41) is 4.75. The topological polar surface area (TPSA) is 75.5 Å². The lowest BCUT2D eigenvalue weighted by Crippen LogP contribution is -2.49. The monoisotopic (exact) mass is 458 g/mol. The molecule has 7 nitrogen and oxygen atoms in total. The van der Waals surface area contributed by atoms with E-state index in [1.807, 2.05) is 36.9 Å². The number of nitrogens with zero attached hydrogens (tertiary/aromatic N) is 4. The highest BCUT2D eigenvalue weighted by molar-refractivity contribution is 7.89. The van der Waals surface area contributed by atoms with Crippen LogP contribution < -0.4 is 10.5 Å². The molecule has 0 spiro atoms. The molecule has 1 aliphatic rings. The summed E-state index contributed by atoms with van der Waals surface area (Å²) in [5.74, 6) is 0.632. The number of aromatic nitrogens is 2. The maximum atomic E-state index is 13.0. The van der Waals surface area contributed by atoms with Gasteiger partial charge in [-0.15, -0.1) is 5.10 Å². The molecule has 0 unspecified atom stereocenters. The SMILES string of the molecule is Cc1ccc(-n2nc(N3CCN(S(=O)(=O)c4ccccc4Cl)CC3)ccc2=O)cc1C. The normalized spacial score (nSPS) is 15.3. The van der Waals surface area contributed by atoms with Gasteiger partial charge in [-0.2, -0.15) is 8.99 Å². The average molecular weight is 459 g/mol. The molecule has 0 saturated carbocycles. The lowest BCUT2D eigenvalue weighted by atomic mass is 10.1. The first-order valence-corrected chi connectivity index (χ1v) is 11.8. The molecule has 162 valence electrons. The van der Waals surface area contributed by atoms with Crippen LogP contribution in [0.25, 0.3) is 5.69 Å². The molecule has 1 aromatic heterocycles. The van der Waals surface area contributed by atoms with Crippen LogP contribution in [-0.2, 0) is 10.0 Å². The van der Waals surface area contributed by atoms with E-state index >= 15 is 0 Å². The number of anilines is 1. The van der Waals surface area contributed by atoms with Gasteiger partial charge in [-0.3, -0.25) is 4.79 Å². The first kappa shape index (κ1) is 21.5. The molecule has 0 bridgehead atoms. The minimum atomic E-state index is -3.67. The second-order valence-corrected chi connectivity index (χ2v) is 9.85. The van der Waals surface area contributed by atoms with Crippen molar-refractivity contribution in [1.29, 1.82) is 0 Å². The van der Waals surface area contributed by atoms with E-state index in [2.05, 4.69) is 5.10 Å². The van der Waals surface area contributed by atoms with Crippen LogP contribution in [0.15, 0.2) is 64.3 Å². The number of benzene rings is 2. The molecule has 0 amide bonds. The summed E-state index contributed by atoms with van der Waals surface area (Å²) >= 11 is 6.11. The fourth-order valence-corrected chi connectivity index (χ4v) is 5.48. The van der Waals surface area contributed by atoms with Crippen LogP contribution in [-0.4, -0.2) is 48.7 Å². The maximum absolute atomic E-state index is 13.0. The summed E-state index contributed by atoms with van der Waals surface area (Å²) < 4.78 is 28.7. The summed E-state index contributed by atoms with van der Waals surface area (Å²) in [7, 11) is -3.67. The Kier molecular flexibility index (Phi) is 5.88. The van der Waals surface area contributed by atoms with Gasteiger partial charge in [-0.1, -0.05) is 29.8 Å². The van der Waals surface area contributed by atoms with Crippen LogP contribution in [0.3, 0.4) is 0 Å². The third kappa shape index (κ3) is 4.23. The van der Waals surface area contributed by atoms with E-state index in [-0.39, 0.29) is 15.5 Å². The molecule has 2 heterocycles. The van der Waals surface area contributed by atoms with E-state index in [4.69, 9.17) is 11.6 Å². The molecule has 31 heavy (non-hydrogen) atoms. The van der Waals surface area contributed by atoms with Gasteiger partial charge in [-0.05, 0) is 55.3 Å². The van der Waals surface area contributed by atoms with Crippen molar-refractivity contribution in [3.63, 3.8) is 0 Å². The molecule has 1 aliphatic heterocycles. The molecule has 4 rings (SSSR count). The van der Waals surface area contributed by atoms with Crippen molar-refractivity contribution < 1.29 is 8.42 Å². The number of sulfonamides is 1. The van der Waals surface area contributed by atoms with Crippen molar-refractivity contribution in [1.82, 2.24) is 14.1 Å². The Morgan fingerprint density at radius 1 is 0.903 bits per heavy atom. The van der Waals surface area contributed by atoms with Gasteiger partial charge in [0.2, 0.25) is 10.0 Å². The summed E-state index contributed by atoms with van der Waals surface area (Å²) in [6.07, 6.45) is 0. The number of rotatable bonds is 4. The predicted molar refractivity (Wildman–Crippen MR) is 122 cm³/mol. The maximum Gasteiger partial charge on any atom is 0.271 e. The molecular weight excluding hydrogens is 436 g/mol. The largest absolute Gasteiger partial charge is 0.353 e. The fraction of sp³-hybridized carbons (Fsp3) is 0.273. The highest BCUT2D eigenvalue weighted by Crippen LogP contribution is 2.25. The van der Waals surface area contributed by atoms with Crippen LogP contribution >= 0.6 is 11.6 Å². The zero-order chi connectivity index (χ0) is 22.2. The smallest absolute Gasteiger partial charge is 0.271 e. The van der Waals surface area contributed by atoms with E-state index in [1.54, 1.807) is 24.3 Å². The molecule has 0 atom stereocenters. The number of piperazine rings is 1. The van der Waals surface area contributed by atoms with Crippen LogP contribution in [0.2, 0.25) is 5.02 Å². The van der Waals surface area contributed by atoms with E-state index < -0.39 is 10.0 Å². The van der Waals surface area contributed by atoms with Gasteiger partial charge in [-0.25, -0.2) is 8.42 Å². The van der Waals surface area contributed by atoms with Gasteiger partial charge in [0.1, 0.15) is 10.7 Å². The van der Waals surface area contributed by atoms with Gasteiger partial charge in [0.05, 0.1) is 10.7 Å². The van der Waals surface area contributed by atoms with Crippen molar-refractivity contribution in [2.24, 2.45) is 0 Å².